The number of ether oxygens (including phenoxy) is 1. The largest absolute Gasteiger partial charge is 0.380 e. The van der Waals surface area contributed by atoms with Gasteiger partial charge in [-0.2, -0.15) is 0 Å². The molecule has 1 heterocycles. The van der Waals surface area contributed by atoms with Gasteiger partial charge in [0.2, 0.25) is 0 Å². The number of methoxy groups -OCH3 is 1. The van der Waals surface area contributed by atoms with E-state index in [1.807, 2.05) is 12.1 Å². The number of nitrogens with two attached hydrogens (primary N) is 1. The molecule has 1 fully saturated rings. The fourth-order valence-corrected chi connectivity index (χ4v) is 2.51. The highest BCUT2D eigenvalue weighted by Crippen LogP contribution is 2.16. The molecule has 1 aromatic carbocycles. The molecule has 0 bridgehead atoms. The molecule has 4 nitrogen and oxygen atoms in total. The van der Waals surface area contributed by atoms with E-state index in [2.05, 4.69) is 28.9 Å². The zero-order chi connectivity index (χ0) is 14.4. The van der Waals surface area contributed by atoms with Crippen molar-refractivity contribution >= 4 is 29.9 Å². The van der Waals surface area contributed by atoms with Crippen molar-refractivity contribution in [3.05, 3.63) is 35.4 Å². The van der Waals surface area contributed by atoms with Gasteiger partial charge in [0.05, 0.1) is 13.2 Å². The van der Waals surface area contributed by atoms with Gasteiger partial charge in [-0.25, -0.2) is 4.99 Å². The van der Waals surface area contributed by atoms with E-state index in [0.29, 0.717) is 19.1 Å². The van der Waals surface area contributed by atoms with Crippen molar-refractivity contribution in [2.75, 3.05) is 20.2 Å². The summed E-state index contributed by atoms with van der Waals surface area (Å²) >= 11 is 0. The van der Waals surface area contributed by atoms with Crippen molar-refractivity contribution in [1.82, 2.24) is 4.90 Å². The SMILES string of the molecule is COCc1ccccc1CN=C(N)N1CCC(C)CC1.I. The highest BCUT2D eigenvalue weighted by Gasteiger charge is 2.16. The number of piperidine rings is 1. The molecule has 0 aliphatic carbocycles. The lowest BCUT2D eigenvalue weighted by atomic mass is 10.00. The third-order valence-corrected chi connectivity index (χ3v) is 3.94. The van der Waals surface area contributed by atoms with Crippen molar-refractivity contribution < 1.29 is 4.74 Å². The molecular weight excluding hydrogens is 377 g/mol. The first-order valence-electron chi connectivity index (χ1n) is 7.31. The topological polar surface area (TPSA) is 50.9 Å². The number of guanidine groups is 1. The second kappa shape index (κ2) is 9.25. The van der Waals surface area contributed by atoms with Gasteiger partial charge in [-0.3, -0.25) is 0 Å². The Hall–Kier alpha value is -0.820. The van der Waals surface area contributed by atoms with E-state index in [0.717, 1.165) is 19.0 Å². The molecule has 0 amide bonds. The maximum atomic E-state index is 6.11. The van der Waals surface area contributed by atoms with Crippen LogP contribution >= 0.6 is 24.0 Å². The molecule has 0 saturated carbocycles. The molecule has 1 aliphatic rings. The number of likely N-dealkylation sites (tertiary alicyclic amines) is 1. The van der Waals surface area contributed by atoms with Gasteiger partial charge >= 0.3 is 0 Å². The molecule has 5 heteroatoms. The quantitative estimate of drug-likeness (QED) is 0.478. The fourth-order valence-electron chi connectivity index (χ4n) is 2.51. The average Bonchev–Trinajstić information content (AvgIpc) is 2.47. The zero-order valence-corrected chi connectivity index (χ0v) is 15.2. The second-order valence-corrected chi connectivity index (χ2v) is 5.55. The number of hydrogen-bond donors (Lipinski definition) is 1. The van der Waals surface area contributed by atoms with E-state index >= 15 is 0 Å². The zero-order valence-electron chi connectivity index (χ0n) is 12.9. The maximum Gasteiger partial charge on any atom is 0.191 e. The van der Waals surface area contributed by atoms with E-state index in [4.69, 9.17) is 10.5 Å². The normalized spacial score (nSPS) is 16.7. The maximum absolute atomic E-state index is 6.11. The number of aliphatic imine (C=N–C) groups is 1. The summed E-state index contributed by atoms with van der Waals surface area (Å²) in [4.78, 5) is 6.74. The summed E-state index contributed by atoms with van der Waals surface area (Å²) in [5.41, 5.74) is 8.47. The summed E-state index contributed by atoms with van der Waals surface area (Å²) in [5.74, 6) is 1.48. The van der Waals surface area contributed by atoms with Crippen molar-refractivity contribution in [2.24, 2.45) is 16.6 Å². The van der Waals surface area contributed by atoms with Crippen LogP contribution < -0.4 is 5.73 Å². The summed E-state index contributed by atoms with van der Waals surface area (Å²) < 4.78 is 5.21. The van der Waals surface area contributed by atoms with Gasteiger partial charge in [-0.05, 0) is 29.9 Å². The number of halogens is 1. The first-order chi connectivity index (χ1) is 9.70. The van der Waals surface area contributed by atoms with Crippen LogP contribution in [0.1, 0.15) is 30.9 Å². The number of hydrogen-bond acceptors (Lipinski definition) is 2. The van der Waals surface area contributed by atoms with E-state index in [1.54, 1.807) is 7.11 Å². The summed E-state index contributed by atoms with van der Waals surface area (Å²) in [6, 6.07) is 8.22. The van der Waals surface area contributed by atoms with Crippen LogP contribution in [-0.2, 0) is 17.9 Å². The lowest BCUT2D eigenvalue weighted by Gasteiger charge is -2.31. The van der Waals surface area contributed by atoms with Crippen LogP contribution in [0.5, 0.6) is 0 Å². The number of rotatable bonds is 4. The Kier molecular flexibility index (Phi) is 8.03. The van der Waals surface area contributed by atoms with Gasteiger partial charge < -0.3 is 15.4 Å². The number of nitrogens with zero attached hydrogens (tertiary/aromatic N) is 2. The molecule has 1 aliphatic heterocycles. The minimum absolute atomic E-state index is 0. The smallest absolute Gasteiger partial charge is 0.191 e. The van der Waals surface area contributed by atoms with Gasteiger partial charge in [-0.1, -0.05) is 31.2 Å². The summed E-state index contributed by atoms with van der Waals surface area (Å²) in [6.07, 6.45) is 2.41. The standard InChI is InChI=1S/C16H25N3O.HI/c1-13-7-9-19(10-8-13)16(17)18-11-14-5-3-4-6-15(14)12-20-2;/h3-6,13H,7-12H2,1-2H3,(H2,17,18);1H. The van der Waals surface area contributed by atoms with E-state index < -0.39 is 0 Å². The lowest BCUT2D eigenvalue weighted by Crippen LogP contribution is -2.42. The molecule has 0 radical (unpaired) electrons. The predicted octanol–water partition coefficient (Wildman–Crippen LogP) is 3.00. The first kappa shape index (κ1) is 18.2. The van der Waals surface area contributed by atoms with Crippen molar-refractivity contribution in [3.63, 3.8) is 0 Å². The molecule has 0 atom stereocenters. The van der Waals surface area contributed by atoms with Crippen LogP contribution in [0.2, 0.25) is 0 Å². The summed E-state index contributed by atoms with van der Waals surface area (Å²) in [6.45, 7) is 5.59. The van der Waals surface area contributed by atoms with Gasteiger partial charge in [-0.15, -0.1) is 24.0 Å². The van der Waals surface area contributed by atoms with Crippen LogP contribution in [0.25, 0.3) is 0 Å². The molecule has 1 saturated heterocycles. The third kappa shape index (κ3) is 5.47. The molecule has 0 aromatic heterocycles. The van der Waals surface area contributed by atoms with Gasteiger partial charge in [0, 0.05) is 20.2 Å². The Morgan fingerprint density at radius 1 is 1.29 bits per heavy atom. The molecule has 21 heavy (non-hydrogen) atoms. The summed E-state index contributed by atoms with van der Waals surface area (Å²) in [7, 11) is 1.71. The van der Waals surface area contributed by atoms with E-state index in [-0.39, 0.29) is 24.0 Å². The fraction of sp³-hybridized carbons (Fsp3) is 0.562. The molecule has 2 N–H and O–H groups in total. The van der Waals surface area contributed by atoms with Crippen LogP contribution in [0, 0.1) is 5.92 Å². The van der Waals surface area contributed by atoms with Crippen LogP contribution in [0.4, 0.5) is 0 Å². The lowest BCUT2D eigenvalue weighted by molar-refractivity contribution is 0.184. The highest BCUT2D eigenvalue weighted by atomic mass is 127. The van der Waals surface area contributed by atoms with E-state index in [9.17, 15) is 0 Å². The van der Waals surface area contributed by atoms with Crippen LogP contribution in [-0.4, -0.2) is 31.1 Å². The minimum atomic E-state index is 0. The monoisotopic (exact) mass is 403 g/mol. The second-order valence-electron chi connectivity index (χ2n) is 5.55. The van der Waals surface area contributed by atoms with Crippen LogP contribution in [0.3, 0.4) is 0 Å². The Labute approximate surface area is 144 Å². The number of benzene rings is 1. The highest BCUT2D eigenvalue weighted by molar-refractivity contribution is 14.0. The molecule has 1 aromatic rings. The summed E-state index contributed by atoms with van der Waals surface area (Å²) in [5, 5.41) is 0. The Morgan fingerprint density at radius 2 is 1.90 bits per heavy atom. The third-order valence-electron chi connectivity index (χ3n) is 3.94. The first-order valence-corrected chi connectivity index (χ1v) is 7.31. The molecular formula is C16H26IN3O. The average molecular weight is 403 g/mol. The molecule has 0 unspecified atom stereocenters. The van der Waals surface area contributed by atoms with Gasteiger partial charge in [0.15, 0.2) is 5.96 Å². The van der Waals surface area contributed by atoms with E-state index in [1.165, 1.54) is 24.0 Å². The van der Waals surface area contributed by atoms with Crippen molar-refractivity contribution in [3.8, 4) is 0 Å². The molecule has 0 spiro atoms. The van der Waals surface area contributed by atoms with Crippen molar-refractivity contribution in [2.45, 2.75) is 32.9 Å². The van der Waals surface area contributed by atoms with Gasteiger partial charge in [0.25, 0.3) is 0 Å². The molecule has 118 valence electrons. The minimum Gasteiger partial charge on any atom is -0.380 e. The Bertz CT molecular complexity index is 457. The van der Waals surface area contributed by atoms with Crippen molar-refractivity contribution in [1.29, 1.82) is 0 Å². The van der Waals surface area contributed by atoms with Crippen LogP contribution in [0.15, 0.2) is 29.3 Å². The Morgan fingerprint density at radius 3 is 2.52 bits per heavy atom. The Balaban J connectivity index is 0.00000220. The predicted molar refractivity (Wildman–Crippen MR) is 97.9 cm³/mol. The molecule has 2 rings (SSSR count). The van der Waals surface area contributed by atoms with Gasteiger partial charge in [0.1, 0.15) is 0 Å².